The number of halogens is 1. The fourth-order valence-corrected chi connectivity index (χ4v) is 5.29. The molecule has 1 N–H and O–H groups in total. The second kappa shape index (κ2) is 10.8. The molecule has 0 aliphatic carbocycles. The maximum atomic E-state index is 14.4. The van der Waals surface area contributed by atoms with Crippen LogP contribution in [0, 0.1) is 10.7 Å². The molecule has 0 aromatic heterocycles. The molecule has 3 aromatic carbocycles. The monoisotopic (exact) mass is 519 g/mol. The average Bonchev–Trinajstić information content (AvgIpc) is 2.87. The molecule has 10 heteroatoms. The summed E-state index contributed by atoms with van der Waals surface area (Å²) in [5, 5.41) is 5.47. The third kappa shape index (κ3) is 5.93. The van der Waals surface area contributed by atoms with E-state index in [1.807, 2.05) is 0 Å². The molecule has 0 unspecified atom stereocenters. The fraction of sp³-hybridized carbons (Fsp3) is 0.111. The molecule has 1 aliphatic heterocycles. The van der Waals surface area contributed by atoms with Crippen LogP contribution >= 0.6 is 0 Å². The van der Waals surface area contributed by atoms with Gasteiger partial charge in [-0.3, -0.25) is 9.59 Å². The number of anilines is 1. The first kappa shape index (κ1) is 25.8. The maximum Gasteiger partial charge on any atom is 0.243 e. The largest absolute Gasteiger partial charge is 0.326 e. The predicted molar refractivity (Wildman–Crippen MR) is 139 cm³/mol. The number of Topliss-reactive ketones (excluding diaryl/α,β-unsaturated/α-hetero) is 1. The number of nitrogens with zero attached hydrogens (tertiary/aromatic N) is 2. The van der Waals surface area contributed by atoms with Crippen LogP contribution in [0.2, 0.25) is 0 Å². The zero-order valence-electron chi connectivity index (χ0n) is 19.7. The maximum absolute atomic E-state index is 14.4. The van der Waals surface area contributed by atoms with E-state index in [-0.39, 0.29) is 46.3 Å². The molecule has 0 radical (unpaired) electrons. The van der Waals surface area contributed by atoms with Crippen molar-refractivity contribution >= 4 is 45.2 Å². The molecule has 1 saturated heterocycles. The number of hydrogen-bond donors (Lipinski definition) is 1. The molecular formula is C27H22FN3O5S. The summed E-state index contributed by atoms with van der Waals surface area (Å²) < 4.78 is 42.5. The Morgan fingerprint density at radius 3 is 2.30 bits per heavy atom. The van der Waals surface area contributed by atoms with Crippen LogP contribution in [0.1, 0.15) is 18.1 Å². The summed E-state index contributed by atoms with van der Waals surface area (Å²) in [4.78, 5) is 35.5. The minimum Gasteiger partial charge on any atom is -0.326 e. The van der Waals surface area contributed by atoms with Crippen LogP contribution in [0.4, 0.5) is 15.8 Å². The summed E-state index contributed by atoms with van der Waals surface area (Å²) in [5.41, 5.74) is 1.47. The van der Waals surface area contributed by atoms with E-state index in [4.69, 9.17) is 0 Å². The molecule has 1 fully saturated rings. The van der Waals surface area contributed by atoms with E-state index in [0.29, 0.717) is 11.3 Å². The number of amides is 1. The molecule has 1 heterocycles. The lowest BCUT2D eigenvalue weighted by atomic mass is 9.95. The molecule has 3 aromatic rings. The van der Waals surface area contributed by atoms with Crippen molar-refractivity contribution in [3.8, 4) is 0 Å². The molecule has 0 spiro atoms. The van der Waals surface area contributed by atoms with E-state index in [1.54, 1.807) is 18.2 Å². The molecule has 0 atom stereocenters. The van der Waals surface area contributed by atoms with Crippen LogP contribution in [0.15, 0.2) is 94.0 Å². The Morgan fingerprint density at radius 1 is 0.973 bits per heavy atom. The van der Waals surface area contributed by atoms with Crippen molar-refractivity contribution in [2.45, 2.75) is 11.8 Å². The number of sulfonamides is 1. The fourth-order valence-electron chi connectivity index (χ4n) is 3.89. The molecule has 1 aliphatic rings. The Balaban J connectivity index is 1.76. The van der Waals surface area contributed by atoms with Gasteiger partial charge in [-0.1, -0.05) is 30.3 Å². The van der Waals surface area contributed by atoms with Gasteiger partial charge in [-0.15, -0.1) is 4.91 Å². The van der Waals surface area contributed by atoms with Crippen molar-refractivity contribution in [1.82, 2.24) is 4.31 Å². The molecule has 0 bridgehead atoms. The first-order valence-electron chi connectivity index (χ1n) is 11.2. The summed E-state index contributed by atoms with van der Waals surface area (Å²) in [7, 11) is -4.08. The van der Waals surface area contributed by atoms with Gasteiger partial charge in [-0.2, -0.15) is 4.31 Å². The van der Waals surface area contributed by atoms with Gasteiger partial charge >= 0.3 is 0 Å². The molecule has 37 heavy (non-hydrogen) atoms. The van der Waals surface area contributed by atoms with Crippen molar-refractivity contribution in [2.24, 2.45) is 5.18 Å². The zero-order chi connectivity index (χ0) is 26.6. The number of nitrogens with one attached hydrogen (secondary N) is 1. The van der Waals surface area contributed by atoms with Crippen LogP contribution in [-0.4, -0.2) is 37.5 Å². The lowest BCUT2D eigenvalue weighted by Crippen LogP contribution is -2.41. The van der Waals surface area contributed by atoms with Gasteiger partial charge in [0.05, 0.1) is 4.90 Å². The highest BCUT2D eigenvalue weighted by Gasteiger charge is 2.34. The van der Waals surface area contributed by atoms with E-state index in [9.17, 15) is 27.3 Å². The summed E-state index contributed by atoms with van der Waals surface area (Å²) in [6.45, 7) is 0.839. The number of carbonyl (C=O) groups excluding carboxylic acids is 2. The van der Waals surface area contributed by atoms with Crippen LogP contribution in [0.3, 0.4) is 0 Å². The number of rotatable bonds is 6. The number of piperidine rings is 1. The summed E-state index contributed by atoms with van der Waals surface area (Å²) in [5.74, 6) is -1.27. The Morgan fingerprint density at radius 2 is 1.65 bits per heavy atom. The number of ketones is 1. The number of hydrogen-bond acceptors (Lipinski definition) is 6. The Kier molecular flexibility index (Phi) is 7.51. The van der Waals surface area contributed by atoms with Crippen LogP contribution in [0.25, 0.3) is 12.2 Å². The number of benzene rings is 3. The summed E-state index contributed by atoms with van der Waals surface area (Å²) in [6, 6.07) is 17.8. The van der Waals surface area contributed by atoms with Crippen LogP contribution in [0.5, 0.6) is 0 Å². The Hall–Kier alpha value is -4.28. The van der Waals surface area contributed by atoms with Crippen molar-refractivity contribution in [3.63, 3.8) is 0 Å². The number of nitroso groups, excluding NO2 is 1. The topological polar surface area (TPSA) is 113 Å². The highest BCUT2D eigenvalue weighted by atomic mass is 32.2. The minimum atomic E-state index is -4.08. The minimum absolute atomic E-state index is 0.0345. The van der Waals surface area contributed by atoms with Gasteiger partial charge in [0.1, 0.15) is 11.5 Å². The van der Waals surface area contributed by atoms with Crippen LogP contribution < -0.4 is 5.32 Å². The Labute approximate surface area is 213 Å². The van der Waals surface area contributed by atoms with E-state index < -0.39 is 21.6 Å². The van der Waals surface area contributed by atoms with Crippen molar-refractivity contribution < 1.29 is 22.4 Å². The van der Waals surface area contributed by atoms with Crippen LogP contribution in [-0.2, 0) is 19.6 Å². The molecule has 8 nitrogen and oxygen atoms in total. The van der Waals surface area contributed by atoms with Gasteiger partial charge in [0, 0.05) is 42.4 Å². The molecule has 0 saturated carbocycles. The second-order valence-corrected chi connectivity index (χ2v) is 10.3. The summed E-state index contributed by atoms with van der Waals surface area (Å²) >= 11 is 0. The Bertz CT molecular complexity index is 1550. The van der Waals surface area contributed by atoms with Gasteiger partial charge in [0.15, 0.2) is 5.78 Å². The highest BCUT2D eigenvalue weighted by Crippen LogP contribution is 2.28. The van der Waals surface area contributed by atoms with Crippen molar-refractivity contribution in [2.75, 3.05) is 18.4 Å². The molecular weight excluding hydrogens is 497 g/mol. The third-order valence-electron chi connectivity index (χ3n) is 5.64. The van der Waals surface area contributed by atoms with Gasteiger partial charge in [-0.05, 0) is 65.4 Å². The van der Waals surface area contributed by atoms with E-state index in [2.05, 4.69) is 10.5 Å². The second-order valence-electron chi connectivity index (χ2n) is 8.35. The average molecular weight is 520 g/mol. The first-order chi connectivity index (χ1) is 17.7. The normalized spacial score (nSPS) is 16.6. The van der Waals surface area contributed by atoms with Gasteiger partial charge in [0.2, 0.25) is 15.9 Å². The third-order valence-corrected chi connectivity index (χ3v) is 7.45. The molecule has 188 valence electrons. The zero-order valence-corrected chi connectivity index (χ0v) is 20.5. The van der Waals surface area contributed by atoms with E-state index >= 15 is 0 Å². The smallest absolute Gasteiger partial charge is 0.243 e. The summed E-state index contributed by atoms with van der Waals surface area (Å²) in [6.07, 6.45) is 2.84. The van der Waals surface area contributed by atoms with Gasteiger partial charge in [-0.25, -0.2) is 12.8 Å². The molecule has 1 amide bonds. The van der Waals surface area contributed by atoms with Gasteiger partial charge < -0.3 is 5.32 Å². The molecule has 4 rings (SSSR count). The highest BCUT2D eigenvalue weighted by molar-refractivity contribution is 7.89. The predicted octanol–water partition coefficient (Wildman–Crippen LogP) is 4.92. The van der Waals surface area contributed by atoms with Crippen molar-refractivity contribution in [1.29, 1.82) is 0 Å². The van der Waals surface area contributed by atoms with Gasteiger partial charge in [0.25, 0.3) is 0 Å². The SMILES string of the molecule is CC(=O)Nc1ccc(S(=O)(=O)N2CC(=Cc3cccc(N=O)c3)C(=O)C(=Cc3ccccc3F)C2)cc1. The van der Waals surface area contributed by atoms with E-state index in [1.165, 1.54) is 73.7 Å². The quantitative estimate of drug-likeness (QED) is 0.367. The van der Waals surface area contributed by atoms with E-state index in [0.717, 1.165) is 4.31 Å². The standard InChI is InChI=1S/C27H22FN3O5S/c1-18(32)29-23-9-11-25(12-10-23)37(35,36)31-16-21(13-19-5-4-7-24(14-19)30-34)27(33)22(17-31)15-20-6-2-3-8-26(20)28/h2-15H,16-17H2,1H3,(H,29,32). The lowest BCUT2D eigenvalue weighted by molar-refractivity contribution is -0.114. The number of carbonyl (C=O) groups is 2. The first-order valence-corrected chi connectivity index (χ1v) is 12.6. The van der Waals surface area contributed by atoms with Crippen molar-refractivity contribution in [3.05, 3.63) is 106 Å². The lowest BCUT2D eigenvalue weighted by Gasteiger charge is -2.29.